The highest BCUT2D eigenvalue weighted by Crippen LogP contribution is 2.20. The van der Waals surface area contributed by atoms with E-state index in [1.807, 2.05) is 31.2 Å². The van der Waals surface area contributed by atoms with E-state index in [0.717, 1.165) is 31.4 Å². The summed E-state index contributed by atoms with van der Waals surface area (Å²) in [5.41, 5.74) is 6.85. The van der Waals surface area contributed by atoms with Crippen molar-refractivity contribution in [2.75, 3.05) is 6.54 Å². The van der Waals surface area contributed by atoms with Crippen molar-refractivity contribution in [2.45, 2.75) is 38.3 Å². The zero-order valence-corrected chi connectivity index (χ0v) is 10.7. The van der Waals surface area contributed by atoms with E-state index in [2.05, 4.69) is 5.32 Å². The molecule has 0 aromatic heterocycles. The first kappa shape index (κ1) is 12.9. The van der Waals surface area contributed by atoms with Crippen molar-refractivity contribution in [2.24, 2.45) is 5.73 Å². The molecule has 2 rings (SSSR count). The van der Waals surface area contributed by atoms with E-state index in [0.29, 0.717) is 5.75 Å². The molecule has 1 aromatic rings. The molecule has 4 nitrogen and oxygen atoms in total. The quantitative estimate of drug-likeness (QED) is 0.856. The Hall–Kier alpha value is -1.55. The van der Waals surface area contributed by atoms with Gasteiger partial charge in [0.1, 0.15) is 5.75 Å². The van der Waals surface area contributed by atoms with E-state index in [1.54, 1.807) is 0 Å². The highest BCUT2D eigenvalue weighted by Gasteiger charge is 2.22. The van der Waals surface area contributed by atoms with Crippen LogP contribution in [-0.2, 0) is 4.79 Å². The Kier molecular flexibility index (Phi) is 4.20. The number of carbonyl (C=O) groups excluding carboxylic acids is 1. The minimum absolute atomic E-state index is 0.0151. The van der Waals surface area contributed by atoms with Crippen molar-refractivity contribution < 1.29 is 9.53 Å². The van der Waals surface area contributed by atoms with E-state index in [1.165, 1.54) is 0 Å². The summed E-state index contributed by atoms with van der Waals surface area (Å²) in [5.74, 6) is 0.700. The van der Waals surface area contributed by atoms with Crippen molar-refractivity contribution in [1.29, 1.82) is 0 Å². The molecule has 1 aliphatic heterocycles. The van der Waals surface area contributed by atoms with Crippen LogP contribution in [0.15, 0.2) is 24.3 Å². The Bertz CT molecular complexity index is 418. The summed E-state index contributed by atoms with van der Waals surface area (Å²) in [6.07, 6.45) is 2.42. The van der Waals surface area contributed by atoms with Gasteiger partial charge in [-0.25, -0.2) is 0 Å². The molecular weight excluding hydrogens is 228 g/mol. The number of amides is 1. The third-order valence-corrected chi connectivity index (χ3v) is 3.15. The van der Waals surface area contributed by atoms with Gasteiger partial charge in [-0.3, -0.25) is 4.79 Å². The average Bonchev–Trinajstić information content (AvgIpc) is 2.55. The molecule has 1 aromatic carbocycles. The number of carbonyl (C=O) groups is 1. The molecule has 2 atom stereocenters. The highest BCUT2D eigenvalue weighted by atomic mass is 16.5. The molecule has 0 saturated carbocycles. The van der Waals surface area contributed by atoms with Crippen LogP contribution in [0.2, 0.25) is 0 Å². The smallest absolute Gasteiger partial charge is 0.261 e. The summed E-state index contributed by atoms with van der Waals surface area (Å²) in [7, 11) is 0. The Morgan fingerprint density at radius 3 is 3.06 bits per heavy atom. The lowest BCUT2D eigenvalue weighted by Crippen LogP contribution is -2.36. The van der Waals surface area contributed by atoms with Crippen LogP contribution in [-0.4, -0.2) is 18.6 Å². The van der Waals surface area contributed by atoms with E-state index >= 15 is 0 Å². The van der Waals surface area contributed by atoms with Crippen LogP contribution in [0.1, 0.15) is 37.8 Å². The Morgan fingerprint density at radius 2 is 2.28 bits per heavy atom. The lowest BCUT2D eigenvalue weighted by atomic mass is 10.1. The molecule has 3 N–H and O–H groups in total. The molecule has 1 unspecified atom stereocenters. The molecule has 0 radical (unpaired) electrons. The number of hydrogen-bond acceptors (Lipinski definition) is 3. The SMILES string of the molecule is C[C@H](N)c1cccc(OC2CCCCNC2=O)c1. The molecule has 18 heavy (non-hydrogen) atoms. The van der Waals surface area contributed by atoms with Crippen LogP contribution in [0.5, 0.6) is 5.75 Å². The molecule has 0 aliphatic carbocycles. The Labute approximate surface area is 108 Å². The summed E-state index contributed by atoms with van der Waals surface area (Å²) < 4.78 is 5.77. The van der Waals surface area contributed by atoms with E-state index in [-0.39, 0.29) is 18.1 Å². The van der Waals surface area contributed by atoms with Gasteiger partial charge in [0.15, 0.2) is 6.10 Å². The summed E-state index contributed by atoms with van der Waals surface area (Å²) in [6.45, 7) is 2.68. The summed E-state index contributed by atoms with van der Waals surface area (Å²) in [5, 5.41) is 2.86. The van der Waals surface area contributed by atoms with Crippen LogP contribution >= 0.6 is 0 Å². The molecule has 1 fully saturated rings. The number of ether oxygens (including phenoxy) is 1. The van der Waals surface area contributed by atoms with Crippen molar-refractivity contribution in [1.82, 2.24) is 5.32 Å². The van der Waals surface area contributed by atoms with Gasteiger partial charge in [-0.1, -0.05) is 12.1 Å². The minimum Gasteiger partial charge on any atom is -0.481 e. The second-order valence-electron chi connectivity index (χ2n) is 4.75. The maximum Gasteiger partial charge on any atom is 0.261 e. The van der Waals surface area contributed by atoms with E-state index in [4.69, 9.17) is 10.5 Å². The van der Waals surface area contributed by atoms with Gasteiger partial charge in [0.25, 0.3) is 5.91 Å². The maximum absolute atomic E-state index is 11.8. The fourth-order valence-corrected chi connectivity index (χ4v) is 2.06. The molecule has 1 amide bonds. The maximum atomic E-state index is 11.8. The van der Waals surface area contributed by atoms with E-state index in [9.17, 15) is 4.79 Å². The number of benzene rings is 1. The number of nitrogens with one attached hydrogen (secondary N) is 1. The van der Waals surface area contributed by atoms with Gasteiger partial charge in [0.2, 0.25) is 0 Å². The summed E-state index contributed by atoms with van der Waals surface area (Å²) >= 11 is 0. The second-order valence-corrected chi connectivity index (χ2v) is 4.75. The van der Waals surface area contributed by atoms with Crippen molar-refractivity contribution in [3.63, 3.8) is 0 Å². The first-order valence-corrected chi connectivity index (χ1v) is 6.47. The second kappa shape index (κ2) is 5.87. The third-order valence-electron chi connectivity index (χ3n) is 3.15. The van der Waals surface area contributed by atoms with Crippen molar-refractivity contribution in [3.8, 4) is 5.75 Å². The fourth-order valence-electron chi connectivity index (χ4n) is 2.06. The standard InChI is InChI=1S/C14H20N2O2/c1-10(15)11-5-4-6-12(9-11)18-13-7-2-3-8-16-14(13)17/h4-6,9-10,13H,2-3,7-8,15H2,1H3,(H,16,17)/t10-,13?/m0/s1. The summed E-state index contributed by atoms with van der Waals surface area (Å²) in [6, 6.07) is 7.61. The molecule has 98 valence electrons. The topological polar surface area (TPSA) is 64.3 Å². The van der Waals surface area contributed by atoms with Crippen LogP contribution in [0.3, 0.4) is 0 Å². The van der Waals surface area contributed by atoms with E-state index < -0.39 is 0 Å². The molecule has 1 saturated heterocycles. The zero-order chi connectivity index (χ0) is 13.0. The van der Waals surface area contributed by atoms with Crippen molar-refractivity contribution >= 4 is 5.91 Å². The fraction of sp³-hybridized carbons (Fsp3) is 0.500. The van der Waals surface area contributed by atoms with Gasteiger partial charge in [-0.05, 0) is 43.9 Å². The molecular formula is C14H20N2O2. The van der Waals surface area contributed by atoms with Gasteiger partial charge in [-0.15, -0.1) is 0 Å². The van der Waals surface area contributed by atoms with Crippen LogP contribution in [0.25, 0.3) is 0 Å². The highest BCUT2D eigenvalue weighted by molar-refractivity contribution is 5.81. The average molecular weight is 248 g/mol. The van der Waals surface area contributed by atoms with Crippen LogP contribution < -0.4 is 15.8 Å². The zero-order valence-electron chi connectivity index (χ0n) is 10.7. The Balaban J connectivity index is 2.07. The molecule has 0 bridgehead atoms. The van der Waals surface area contributed by atoms with Gasteiger partial charge in [0.05, 0.1) is 0 Å². The van der Waals surface area contributed by atoms with Crippen molar-refractivity contribution in [3.05, 3.63) is 29.8 Å². The lowest BCUT2D eigenvalue weighted by molar-refractivity contribution is -0.127. The summed E-state index contributed by atoms with van der Waals surface area (Å²) in [4.78, 5) is 11.8. The molecule has 1 heterocycles. The minimum atomic E-state index is -0.379. The van der Waals surface area contributed by atoms with Gasteiger partial charge in [0, 0.05) is 12.6 Å². The largest absolute Gasteiger partial charge is 0.481 e. The molecule has 4 heteroatoms. The Morgan fingerprint density at radius 1 is 1.44 bits per heavy atom. The van der Waals surface area contributed by atoms with Gasteiger partial charge >= 0.3 is 0 Å². The normalized spacial score (nSPS) is 21.9. The first-order valence-electron chi connectivity index (χ1n) is 6.47. The molecule has 1 aliphatic rings. The number of rotatable bonds is 3. The predicted molar refractivity (Wildman–Crippen MR) is 70.3 cm³/mol. The van der Waals surface area contributed by atoms with Gasteiger partial charge in [-0.2, -0.15) is 0 Å². The van der Waals surface area contributed by atoms with Crippen LogP contribution in [0, 0.1) is 0 Å². The predicted octanol–water partition coefficient (Wildman–Crippen LogP) is 1.75. The number of hydrogen-bond donors (Lipinski definition) is 2. The van der Waals surface area contributed by atoms with Crippen LogP contribution in [0.4, 0.5) is 0 Å². The first-order chi connectivity index (χ1) is 8.66. The third kappa shape index (κ3) is 3.23. The lowest BCUT2D eigenvalue weighted by Gasteiger charge is -2.17. The van der Waals surface area contributed by atoms with Gasteiger partial charge < -0.3 is 15.8 Å². The molecule has 0 spiro atoms. The monoisotopic (exact) mass is 248 g/mol. The number of nitrogens with two attached hydrogens (primary N) is 1.